The second-order valence-corrected chi connectivity index (χ2v) is 9.10. The summed E-state index contributed by atoms with van der Waals surface area (Å²) in [6.45, 7) is 3.76. The van der Waals surface area contributed by atoms with Crippen LogP contribution < -0.4 is 4.84 Å². The number of ether oxygens (including phenoxy) is 1. The molecule has 0 saturated carbocycles. The van der Waals surface area contributed by atoms with Gasteiger partial charge in [0.25, 0.3) is 0 Å². The van der Waals surface area contributed by atoms with E-state index in [9.17, 15) is 9.90 Å². The minimum absolute atomic E-state index is 0.148. The van der Waals surface area contributed by atoms with Crippen LogP contribution in [0.4, 0.5) is 4.79 Å². The van der Waals surface area contributed by atoms with E-state index in [-0.39, 0.29) is 12.0 Å². The number of hydrogen-bond donors (Lipinski definition) is 1. The average Bonchev–Trinajstić information content (AvgIpc) is 3.36. The maximum atomic E-state index is 12.2. The van der Waals surface area contributed by atoms with Gasteiger partial charge in [-0.25, -0.2) is 4.79 Å². The molecule has 1 aliphatic rings. The fraction of sp³-hybridized carbons (Fsp3) is 0.310. The second kappa shape index (κ2) is 10.8. The fourth-order valence-electron chi connectivity index (χ4n) is 4.81. The molecule has 1 fully saturated rings. The van der Waals surface area contributed by atoms with Gasteiger partial charge in [-0.1, -0.05) is 66.7 Å². The molecule has 0 aliphatic carbocycles. The molecule has 186 valence electrons. The van der Waals surface area contributed by atoms with E-state index in [1.165, 1.54) is 4.85 Å². The average molecular weight is 486 g/mol. The van der Waals surface area contributed by atoms with Crippen molar-refractivity contribution in [3.05, 3.63) is 101 Å². The number of amides is 1. The summed E-state index contributed by atoms with van der Waals surface area (Å²) in [4.78, 5) is 21.3. The third-order valence-electron chi connectivity index (χ3n) is 6.77. The lowest BCUT2D eigenvalue weighted by molar-refractivity contribution is 0.0667. The predicted octanol–water partition coefficient (Wildman–Crippen LogP) is 5.08. The van der Waals surface area contributed by atoms with Crippen LogP contribution in [0.1, 0.15) is 54.2 Å². The topological polar surface area (TPSA) is 76.8 Å². The SMILES string of the molecule is CCOC(=O)N1CCC(c2cn(OCc3ccccc3)nc2C(O)c2ccc3ccccc3c2)CC1. The minimum Gasteiger partial charge on any atom is -0.450 e. The Morgan fingerprint density at radius 3 is 2.50 bits per heavy atom. The fourth-order valence-corrected chi connectivity index (χ4v) is 4.81. The normalized spacial score (nSPS) is 15.1. The van der Waals surface area contributed by atoms with Crippen LogP contribution in [0.3, 0.4) is 0 Å². The van der Waals surface area contributed by atoms with E-state index in [2.05, 4.69) is 11.2 Å². The van der Waals surface area contributed by atoms with E-state index < -0.39 is 6.10 Å². The van der Waals surface area contributed by atoms with Crippen molar-refractivity contribution in [1.29, 1.82) is 0 Å². The Hall–Kier alpha value is -3.84. The van der Waals surface area contributed by atoms with E-state index in [1.807, 2.05) is 79.9 Å². The molecule has 0 bridgehead atoms. The van der Waals surface area contributed by atoms with E-state index >= 15 is 0 Å². The van der Waals surface area contributed by atoms with Gasteiger partial charge in [0.1, 0.15) is 18.4 Å². The van der Waals surface area contributed by atoms with Crippen molar-refractivity contribution in [1.82, 2.24) is 14.8 Å². The molecule has 7 heteroatoms. The Balaban J connectivity index is 1.41. The number of fused-ring (bicyclic) bond motifs is 1. The summed E-state index contributed by atoms with van der Waals surface area (Å²) in [7, 11) is 0. The molecule has 1 aliphatic heterocycles. The van der Waals surface area contributed by atoms with Crippen molar-refractivity contribution in [2.24, 2.45) is 0 Å². The third-order valence-corrected chi connectivity index (χ3v) is 6.77. The Morgan fingerprint density at radius 1 is 1.03 bits per heavy atom. The lowest BCUT2D eigenvalue weighted by Gasteiger charge is -2.31. The van der Waals surface area contributed by atoms with Gasteiger partial charge in [-0.2, -0.15) is 0 Å². The van der Waals surface area contributed by atoms with Crippen molar-refractivity contribution < 1.29 is 19.5 Å². The number of aliphatic hydroxyl groups excluding tert-OH is 1. The molecule has 5 rings (SSSR count). The molecule has 0 spiro atoms. The first-order valence-electron chi connectivity index (χ1n) is 12.5. The molecule has 1 atom stereocenters. The van der Waals surface area contributed by atoms with Gasteiger partial charge in [-0.05, 0) is 53.6 Å². The number of aliphatic hydroxyl groups is 1. The summed E-state index contributed by atoms with van der Waals surface area (Å²) in [6.07, 6.45) is 2.25. The summed E-state index contributed by atoms with van der Waals surface area (Å²) in [6, 6.07) is 24.0. The number of nitrogens with zero attached hydrogens (tertiary/aromatic N) is 3. The highest BCUT2D eigenvalue weighted by atomic mass is 16.7. The van der Waals surface area contributed by atoms with Crippen molar-refractivity contribution in [2.45, 2.75) is 38.4 Å². The zero-order valence-electron chi connectivity index (χ0n) is 20.4. The van der Waals surface area contributed by atoms with Crippen LogP contribution in [0.5, 0.6) is 0 Å². The van der Waals surface area contributed by atoms with Gasteiger partial charge in [0.05, 0.1) is 12.8 Å². The molecule has 1 unspecified atom stereocenters. The van der Waals surface area contributed by atoms with Gasteiger partial charge >= 0.3 is 6.09 Å². The van der Waals surface area contributed by atoms with Gasteiger partial charge in [-0.3, -0.25) is 0 Å². The number of hydrogen-bond acceptors (Lipinski definition) is 5. The summed E-state index contributed by atoms with van der Waals surface area (Å²) in [5, 5.41) is 18.3. The molecule has 0 radical (unpaired) electrons. The van der Waals surface area contributed by atoms with Gasteiger partial charge < -0.3 is 19.6 Å². The number of carbonyl (C=O) groups excluding carboxylic acids is 1. The molecule has 7 nitrogen and oxygen atoms in total. The maximum Gasteiger partial charge on any atom is 0.409 e. The highest BCUT2D eigenvalue weighted by Gasteiger charge is 2.30. The van der Waals surface area contributed by atoms with Crippen LogP contribution >= 0.6 is 0 Å². The highest BCUT2D eigenvalue weighted by molar-refractivity contribution is 5.83. The number of likely N-dealkylation sites (tertiary alicyclic amines) is 1. The van der Waals surface area contributed by atoms with E-state index in [1.54, 1.807) is 4.90 Å². The lowest BCUT2D eigenvalue weighted by Crippen LogP contribution is -2.38. The van der Waals surface area contributed by atoms with Crippen LogP contribution in [0.2, 0.25) is 0 Å². The zero-order valence-corrected chi connectivity index (χ0v) is 20.4. The summed E-state index contributed by atoms with van der Waals surface area (Å²) < 4.78 is 5.17. The van der Waals surface area contributed by atoms with Gasteiger partial charge in [0.2, 0.25) is 0 Å². The Morgan fingerprint density at radius 2 is 1.75 bits per heavy atom. The summed E-state index contributed by atoms with van der Waals surface area (Å²) >= 11 is 0. The quantitative estimate of drug-likeness (QED) is 0.395. The Bertz CT molecular complexity index is 1310. The van der Waals surface area contributed by atoms with Gasteiger partial charge in [0, 0.05) is 18.7 Å². The number of carbonyl (C=O) groups is 1. The molecule has 1 aromatic heterocycles. The number of aromatic nitrogens is 2. The summed E-state index contributed by atoms with van der Waals surface area (Å²) in [5.41, 5.74) is 3.36. The monoisotopic (exact) mass is 485 g/mol. The number of benzene rings is 3. The Labute approximate surface area is 210 Å². The van der Waals surface area contributed by atoms with Crippen LogP contribution in [0, 0.1) is 0 Å². The van der Waals surface area contributed by atoms with Gasteiger partial charge in [-0.15, -0.1) is 9.94 Å². The van der Waals surface area contributed by atoms with Crippen molar-refractivity contribution in [2.75, 3.05) is 19.7 Å². The molecule has 2 heterocycles. The first-order valence-corrected chi connectivity index (χ1v) is 12.5. The smallest absolute Gasteiger partial charge is 0.409 e. The summed E-state index contributed by atoms with van der Waals surface area (Å²) in [5.74, 6) is 0.148. The molecule has 36 heavy (non-hydrogen) atoms. The molecule has 1 saturated heterocycles. The van der Waals surface area contributed by atoms with Gasteiger partial charge in [0.15, 0.2) is 0 Å². The number of piperidine rings is 1. The largest absolute Gasteiger partial charge is 0.450 e. The zero-order chi connectivity index (χ0) is 24.9. The van der Waals surface area contributed by atoms with Crippen LogP contribution in [0.15, 0.2) is 79.0 Å². The first-order chi connectivity index (χ1) is 17.6. The van der Waals surface area contributed by atoms with E-state index in [4.69, 9.17) is 9.57 Å². The van der Waals surface area contributed by atoms with E-state index in [0.29, 0.717) is 32.0 Å². The molecule has 1 N–H and O–H groups in total. The second-order valence-electron chi connectivity index (χ2n) is 9.10. The van der Waals surface area contributed by atoms with Crippen LogP contribution in [-0.2, 0) is 11.3 Å². The predicted molar refractivity (Wildman–Crippen MR) is 138 cm³/mol. The molecule has 3 aromatic carbocycles. The standard InChI is InChI=1S/C29H31N3O4/c1-2-35-29(34)31-16-14-23(15-17-31)26-19-32(36-20-21-8-4-3-5-9-21)30-27(26)28(33)25-13-12-22-10-6-7-11-24(22)18-25/h3-13,18-19,23,28,33H,2,14-17,20H2,1H3. The van der Waals surface area contributed by atoms with Crippen LogP contribution in [0.25, 0.3) is 10.8 Å². The molecular weight excluding hydrogens is 454 g/mol. The van der Waals surface area contributed by atoms with Crippen molar-refractivity contribution >= 4 is 16.9 Å². The highest BCUT2D eigenvalue weighted by Crippen LogP contribution is 2.35. The Kier molecular flexibility index (Phi) is 7.18. The first kappa shape index (κ1) is 23.9. The third kappa shape index (κ3) is 5.21. The van der Waals surface area contributed by atoms with Crippen LogP contribution in [-0.4, -0.2) is 45.7 Å². The maximum absolute atomic E-state index is 12.2. The minimum atomic E-state index is -0.894. The van der Waals surface area contributed by atoms with Crippen molar-refractivity contribution in [3.8, 4) is 0 Å². The van der Waals surface area contributed by atoms with E-state index in [0.717, 1.165) is 40.3 Å². The molecule has 4 aromatic rings. The lowest BCUT2D eigenvalue weighted by atomic mass is 9.87. The van der Waals surface area contributed by atoms with Crippen molar-refractivity contribution in [3.63, 3.8) is 0 Å². The number of rotatable bonds is 7. The molecule has 1 amide bonds. The molecular formula is C29H31N3O4.